The lowest BCUT2D eigenvalue weighted by Crippen LogP contribution is -2.47. The van der Waals surface area contributed by atoms with Crippen molar-refractivity contribution in [2.24, 2.45) is 0 Å². The SMILES string of the molecule is C#CCCCC(=O)N[C@@H](Cc1ccc(C(=O)c2ccccc2)cc1)C(=O)NCc1ccc(C(=O)Nc2ccccc2N)cc1. The van der Waals surface area contributed by atoms with Crippen LogP contribution < -0.4 is 21.7 Å². The molecule has 4 aromatic carbocycles. The van der Waals surface area contributed by atoms with Crippen molar-refractivity contribution in [3.8, 4) is 12.3 Å². The van der Waals surface area contributed by atoms with Crippen molar-refractivity contribution in [2.75, 3.05) is 11.1 Å². The lowest BCUT2D eigenvalue weighted by molar-refractivity contribution is -0.129. The molecule has 44 heavy (non-hydrogen) atoms. The first-order chi connectivity index (χ1) is 21.3. The summed E-state index contributed by atoms with van der Waals surface area (Å²) in [7, 11) is 0. The molecule has 0 saturated heterocycles. The molecule has 0 aliphatic rings. The van der Waals surface area contributed by atoms with E-state index in [0.29, 0.717) is 40.9 Å². The number of ketones is 1. The molecule has 4 aromatic rings. The van der Waals surface area contributed by atoms with Gasteiger partial charge in [-0.05, 0) is 41.8 Å². The van der Waals surface area contributed by atoms with Crippen molar-refractivity contribution >= 4 is 34.9 Å². The van der Waals surface area contributed by atoms with E-state index in [1.165, 1.54) is 0 Å². The van der Waals surface area contributed by atoms with Crippen LogP contribution in [0.4, 0.5) is 11.4 Å². The van der Waals surface area contributed by atoms with E-state index in [4.69, 9.17) is 12.2 Å². The third-order valence-electron chi connectivity index (χ3n) is 6.96. The summed E-state index contributed by atoms with van der Waals surface area (Å²) >= 11 is 0. The van der Waals surface area contributed by atoms with Crippen LogP contribution in [0.1, 0.15) is 56.7 Å². The Bertz CT molecular complexity index is 1640. The van der Waals surface area contributed by atoms with Gasteiger partial charge in [0.2, 0.25) is 11.8 Å². The summed E-state index contributed by atoms with van der Waals surface area (Å²) in [5.74, 6) is 1.48. The van der Waals surface area contributed by atoms with Crippen molar-refractivity contribution in [2.45, 2.75) is 38.3 Å². The number of hydrogen-bond donors (Lipinski definition) is 4. The summed E-state index contributed by atoms with van der Waals surface area (Å²) in [4.78, 5) is 51.3. The quantitative estimate of drug-likeness (QED) is 0.0767. The predicted molar refractivity (Wildman–Crippen MR) is 172 cm³/mol. The molecule has 4 rings (SSSR count). The number of carbonyl (C=O) groups is 4. The summed E-state index contributed by atoms with van der Waals surface area (Å²) in [6, 6.07) is 29.0. The minimum absolute atomic E-state index is 0.0963. The number of carbonyl (C=O) groups excluding carboxylic acids is 4. The molecular weight excluding hydrogens is 552 g/mol. The summed E-state index contributed by atoms with van der Waals surface area (Å²) in [6.07, 6.45) is 6.72. The number of nitrogens with one attached hydrogen (secondary N) is 3. The van der Waals surface area contributed by atoms with Gasteiger partial charge in [-0.25, -0.2) is 0 Å². The molecule has 0 radical (unpaired) electrons. The molecule has 0 heterocycles. The number of terminal acetylenes is 1. The molecule has 0 unspecified atom stereocenters. The Morgan fingerprint density at radius 1 is 0.750 bits per heavy atom. The second kappa shape index (κ2) is 15.5. The lowest BCUT2D eigenvalue weighted by atomic mass is 9.99. The van der Waals surface area contributed by atoms with Crippen molar-refractivity contribution in [1.29, 1.82) is 0 Å². The van der Waals surface area contributed by atoms with E-state index in [0.717, 1.165) is 11.1 Å². The van der Waals surface area contributed by atoms with Gasteiger partial charge in [0.05, 0.1) is 11.4 Å². The maximum absolute atomic E-state index is 13.3. The third-order valence-corrected chi connectivity index (χ3v) is 6.96. The minimum atomic E-state index is -0.842. The number of para-hydroxylation sites is 2. The molecule has 222 valence electrons. The molecule has 0 fully saturated rings. The average Bonchev–Trinajstić information content (AvgIpc) is 3.05. The highest BCUT2D eigenvalue weighted by Crippen LogP contribution is 2.18. The van der Waals surface area contributed by atoms with E-state index in [9.17, 15) is 19.2 Å². The Kier molecular flexibility index (Phi) is 11.0. The van der Waals surface area contributed by atoms with Gasteiger partial charge in [-0.15, -0.1) is 12.3 Å². The van der Waals surface area contributed by atoms with Crippen LogP contribution in [-0.4, -0.2) is 29.5 Å². The van der Waals surface area contributed by atoms with Crippen LogP contribution in [0.15, 0.2) is 103 Å². The van der Waals surface area contributed by atoms with Crippen LogP contribution in [0.3, 0.4) is 0 Å². The zero-order valence-electron chi connectivity index (χ0n) is 24.2. The van der Waals surface area contributed by atoms with Crippen molar-refractivity contribution in [1.82, 2.24) is 10.6 Å². The van der Waals surface area contributed by atoms with E-state index in [2.05, 4.69) is 21.9 Å². The molecule has 0 aliphatic heterocycles. The zero-order chi connectivity index (χ0) is 31.3. The van der Waals surface area contributed by atoms with Gasteiger partial charge in [0.1, 0.15) is 6.04 Å². The van der Waals surface area contributed by atoms with Crippen LogP contribution in [-0.2, 0) is 22.6 Å². The Balaban J connectivity index is 1.39. The van der Waals surface area contributed by atoms with Gasteiger partial charge >= 0.3 is 0 Å². The fourth-order valence-corrected chi connectivity index (χ4v) is 4.50. The van der Waals surface area contributed by atoms with Crippen LogP contribution >= 0.6 is 0 Å². The Hall–Kier alpha value is -5.68. The highest BCUT2D eigenvalue weighted by molar-refractivity contribution is 6.09. The van der Waals surface area contributed by atoms with Gasteiger partial charge in [-0.3, -0.25) is 19.2 Å². The number of hydrogen-bond acceptors (Lipinski definition) is 5. The molecule has 0 bridgehead atoms. The molecule has 8 heteroatoms. The third kappa shape index (κ3) is 8.91. The maximum Gasteiger partial charge on any atom is 0.255 e. The molecule has 3 amide bonds. The van der Waals surface area contributed by atoms with Crippen molar-refractivity contribution in [3.05, 3.63) is 131 Å². The van der Waals surface area contributed by atoms with Gasteiger partial charge < -0.3 is 21.7 Å². The first kappa shape index (κ1) is 31.3. The first-order valence-electron chi connectivity index (χ1n) is 14.3. The number of nitrogen functional groups attached to an aromatic ring is 1. The molecule has 1 atom stereocenters. The second-order valence-electron chi connectivity index (χ2n) is 10.2. The fourth-order valence-electron chi connectivity index (χ4n) is 4.50. The van der Waals surface area contributed by atoms with Crippen molar-refractivity contribution in [3.63, 3.8) is 0 Å². The monoisotopic (exact) mass is 586 g/mol. The average molecular weight is 587 g/mol. The Morgan fingerprint density at radius 3 is 2.05 bits per heavy atom. The molecule has 0 saturated carbocycles. The number of anilines is 2. The topological polar surface area (TPSA) is 130 Å². The molecule has 5 N–H and O–H groups in total. The van der Waals surface area contributed by atoms with Crippen LogP contribution in [0.5, 0.6) is 0 Å². The second-order valence-corrected chi connectivity index (χ2v) is 10.2. The van der Waals surface area contributed by atoms with Gasteiger partial charge in [0.25, 0.3) is 5.91 Å². The fraction of sp³-hybridized carbons (Fsp3) is 0.167. The smallest absolute Gasteiger partial charge is 0.255 e. The Morgan fingerprint density at radius 2 is 1.36 bits per heavy atom. The molecule has 0 aliphatic carbocycles. The summed E-state index contributed by atoms with van der Waals surface area (Å²) < 4.78 is 0. The van der Waals surface area contributed by atoms with Crippen LogP contribution in [0.2, 0.25) is 0 Å². The lowest BCUT2D eigenvalue weighted by Gasteiger charge is -2.19. The standard InChI is InChI=1S/C36H34N4O4/c1-2-3-5-14-33(41)39-32(23-25-15-19-28(20-16-25)34(42)27-10-6-4-7-11-27)36(44)38-24-26-17-21-29(22-18-26)35(43)40-31-13-9-8-12-30(31)37/h1,4,6-13,15-22,32H,3,5,14,23-24,37H2,(H,38,44)(H,39,41)(H,40,43)/t32-/m0/s1. The Labute approximate surface area is 257 Å². The van der Waals surface area contributed by atoms with Gasteiger partial charge in [0.15, 0.2) is 5.78 Å². The first-order valence-corrected chi connectivity index (χ1v) is 14.3. The van der Waals surface area contributed by atoms with E-state index < -0.39 is 6.04 Å². The highest BCUT2D eigenvalue weighted by atomic mass is 16.2. The number of unbranched alkanes of at least 4 members (excludes halogenated alkanes) is 1. The molecule has 8 nitrogen and oxygen atoms in total. The van der Waals surface area contributed by atoms with E-state index >= 15 is 0 Å². The largest absolute Gasteiger partial charge is 0.397 e. The van der Waals surface area contributed by atoms with Crippen LogP contribution in [0.25, 0.3) is 0 Å². The number of amides is 3. The molecular formula is C36H34N4O4. The summed E-state index contributed by atoms with van der Waals surface area (Å²) in [6.45, 7) is 0.195. The summed E-state index contributed by atoms with van der Waals surface area (Å²) in [5, 5.41) is 8.49. The number of rotatable bonds is 13. The minimum Gasteiger partial charge on any atom is -0.397 e. The summed E-state index contributed by atoms with van der Waals surface area (Å²) in [5.41, 5.74) is 10.0. The van der Waals surface area contributed by atoms with Gasteiger partial charge in [-0.1, -0.05) is 78.9 Å². The van der Waals surface area contributed by atoms with E-state index in [-0.39, 0.29) is 42.9 Å². The number of nitrogens with two attached hydrogens (primary N) is 1. The number of benzene rings is 4. The zero-order valence-corrected chi connectivity index (χ0v) is 24.2. The predicted octanol–water partition coefficient (Wildman–Crippen LogP) is 4.90. The van der Waals surface area contributed by atoms with Crippen LogP contribution in [0, 0.1) is 12.3 Å². The highest BCUT2D eigenvalue weighted by Gasteiger charge is 2.21. The van der Waals surface area contributed by atoms with Gasteiger partial charge in [0, 0.05) is 42.5 Å². The normalized spacial score (nSPS) is 11.1. The maximum atomic E-state index is 13.3. The van der Waals surface area contributed by atoms with E-state index in [1.807, 2.05) is 18.2 Å². The van der Waals surface area contributed by atoms with Gasteiger partial charge in [-0.2, -0.15) is 0 Å². The van der Waals surface area contributed by atoms with E-state index in [1.54, 1.807) is 84.9 Å². The van der Waals surface area contributed by atoms with Crippen molar-refractivity contribution < 1.29 is 19.2 Å². The molecule has 0 aromatic heterocycles. The molecule has 0 spiro atoms.